The Bertz CT molecular complexity index is 758. The van der Waals surface area contributed by atoms with E-state index in [4.69, 9.17) is 0 Å². The van der Waals surface area contributed by atoms with Crippen molar-refractivity contribution in [3.05, 3.63) is 65.4 Å². The fraction of sp³-hybridized carbons (Fsp3) is 0. The first-order valence-corrected chi connectivity index (χ1v) is 6.90. The highest BCUT2D eigenvalue weighted by Crippen LogP contribution is 2.24. The molecule has 0 atom stereocenters. The molecule has 1 N–H and O–H groups in total. The van der Waals surface area contributed by atoms with E-state index in [1.165, 1.54) is 18.6 Å². The Labute approximate surface area is 129 Å². The Morgan fingerprint density at radius 3 is 2.86 bits per heavy atom. The lowest BCUT2D eigenvalue weighted by molar-refractivity contribution is 0.102. The number of carbonyl (C=O) groups is 1. The number of anilines is 1. The number of halogens is 1. The molecule has 6 nitrogen and oxygen atoms in total. The minimum Gasteiger partial charge on any atom is -0.319 e. The number of nitrogens with zero attached hydrogens (tertiary/aromatic N) is 4. The van der Waals surface area contributed by atoms with Crippen LogP contribution in [0.25, 0.3) is 5.69 Å². The molecule has 21 heavy (non-hydrogen) atoms. The van der Waals surface area contributed by atoms with E-state index in [1.807, 2.05) is 24.3 Å². The molecule has 3 aromatic rings. The molecule has 2 heterocycles. The average molecular weight is 344 g/mol. The van der Waals surface area contributed by atoms with Crippen molar-refractivity contribution in [2.75, 3.05) is 5.32 Å². The average Bonchev–Trinajstić information content (AvgIpc) is 3.02. The Kier molecular flexibility index (Phi) is 3.74. The normalized spacial score (nSPS) is 10.3. The van der Waals surface area contributed by atoms with Gasteiger partial charge in [-0.3, -0.25) is 9.78 Å². The van der Waals surface area contributed by atoms with Crippen LogP contribution in [0, 0.1) is 0 Å². The molecule has 3 rings (SSSR count). The molecular weight excluding hydrogens is 334 g/mol. The van der Waals surface area contributed by atoms with Crippen molar-refractivity contribution in [2.45, 2.75) is 0 Å². The number of hydrogen-bond donors (Lipinski definition) is 1. The van der Waals surface area contributed by atoms with Crippen LogP contribution >= 0.6 is 15.9 Å². The Morgan fingerprint density at radius 1 is 1.24 bits per heavy atom. The van der Waals surface area contributed by atoms with E-state index in [1.54, 1.807) is 17.1 Å². The van der Waals surface area contributed by atoms with Gasteiger partial charge in [-0.1, -0.05) is 15.9 Å². The molecule has 0 bridgehead atoms. The predicted molar refractivity (Wildman–Crippen MR) is 81.2 cm³/mol. The number of aromatic nitrogens is 4. The highest BCUT2D eigenvalue weighted by atomic mass is 79.9. The molecule has 1 aromatic carbocycles. The lowest BCUT2D eigenvalue weighted by Crippen LogP contribution is -2.15. The molecule has 0 saturated carbocycles. The van der Waals surface area contributed by atoms with Gasteiger partial charge in [0.1, 0.15) is 5.69 Å². The van der Waals surface area contributed by atoms with Gasteiger partial charge in [-0.2, -0.15) is 5.10 Å². The predicted octanol–water partition coefficient (Wildman–Crippen LogP) is 2.68. The summed E-state index contributed by atoms with van der Waals surface area (Å²) in [7, 11) is 0. The standard InChI is InChI=1S/C14H10BrN5O/c15-10-2-3-13(20-7-1-4-18-20)11(8-10)19-14(21)12-9-16-5-6-17-12/h1-9H,(H,19,21). The van der Waals surface area contributed by atoms with E-state index in [2.05, 4.69) is 36.3 Å². The quantitative estimate of drug-likeness (QED) is 0.793. The first-order chi connectivity index (χ1) is 10.2. The molecule has 0 radical (unpaired) electrons. The zero-order valence-corrected chi connectivity index (χ0v) is 12.4. The van der Waals surface area contributed by atoms with Gasteiger partial charge in [-0.15, -0.1) is 0 Å². The molecule has 0 unspecified atom stereocenters. The van der Waals surface area contributed by atoms with Crippen LogP contribution in [0.15, 0.2) is 59.7 Å². The van der Waals surface area contributed by atoms with Gasteiger partial charge in [-0.25, -0.2) is 9.67 Å². The third-order valence-electron chi connectivity index (χ3n) is 2.75. The van der Waals surface area contributed by atoms with E-state index in [-0.39, 0.29) is 11.6 Å². The lowest BCUT2D eigenvalue weighted by Gasteiger charge is -2.11. The summed E-state index contributed by atoms with van der Waals surface area (Å²) in [6.45, 7) is 0. The highest BCUT2D eigenvalue weighted by Gasteiger charge is 2.12. The fourth-order valence-corrected chi connectivity index (χ4v) is 2.18. The number of carbonyl (C=O) groups excluding carboxylic acids is 1. The van der Waals surface area contributed by atoms with E-state index in [9.17, 15) is 4.79 Å². The highest BCUT2D eigenvalue weighted by molar-refractivity contribution is 9.10. The number of nitrogens with one attached hydrogen (secondary N) is 1. The lowest BCUT2D eigenvalue weighted by atomic mass is 10.2. The second-order valence-electron chi connectivity index (χ2n) is 4.16. The summed E-state index contributed by atoms with van der Waals surface area (Å²) >= 11 is 3.40. The second-order valence-corrected chi connectivity index (χ2v) is 5.07. The summed E-state index contributed by atoms with van der Waals surface area (Å²) in [5, 5.41) is 7.00. The largest absolute Gasteiger partial charge is 0.319 e. The van der Waals surface area contributed by atoms with Gasteiger partial charge in [0.25, 0.3) is 5.91 Å². The maximum atomic E-state index is 12.2. The van der Waals surface area contributed by atoms with E-state index < -0.39 is 0 Å². The minimum atomic E-state index is -0.324. The van der Waals surface area contributed by atoms with Crippen LogP contribution in [-0.4, -0.2) is 25.7 Å². The summed E-state index contributed by atoms with van der Waals surface area (Å²) in [4.78, 5) is 20.1. The second kappa shape index (κ2) is 5.84. The third kappa shape index (κ3) is 2.97. The molecule has 1 amide bonds. The number of rotatable bonds is 3. The summed E-state index contributed by atoms with van der Waals surface area (Å²) in [6.07, 6.45) is 7.90. The molecule has 0 aliphatic carbocycles. The van der Waals surface area contributed by atoms with Crippen LogP contribution in [0.5, 0.6) is 0 Å². The van der Waals surface area contributed by atoms with Crippen molar-refractivity contribution in [1.29, 1.82) is 0 Å². The van der Waals surface area contributed by atoms with E-state index in [0.29, 0.717) is 5.69 Å². The van der Waals surface area contributed by atoms with Gasteiger partial charge >= 0.3 is 0 Å². The van der Waals surface area contributed by atoms with Gasteiger partial charge in [0.05, 0.1) is 17.6 Å². The smallest absolute Gasteiger partial charge is 0.275 e. The summed E-state index contributed by atoms with van der Waals surface area (Å²) in [5.41, 5.74) is 1.65. The monoisotopic (exact) mass is 343 g/mol. The minimum absolute atomic E-state index is 0.254. The van der Waals surface area contributed by atoms with E-state index in [0.717, 1.165) is 10.2 Å². The summed E-state index contributed by atoms with van der Waals surface area (Å²) in [6, 6.07) is 7.37. The molecule has 0 spiro atoms. The Hall–Kier alpha value is -2.54. The van der Waals surface area contributed by atoms with Crippen molar-refractivity contribution in [3.63, 3.8) is 0 Å². The Balaban J connectivity index is 1.95. The van der Waals surface area contributed by atoms with E-state index >= 15 is 0 Å². The molecule has 104 valence electrons. The maximum Gasteiger partial charge on any atom is 0.275 e. The zero-order valence-electron chi connectivity index (χ0n) is 10.8. The molecule has 0 aliphatic rings. The first-order valence-electron chi connectivity index (χ1n) is 6.11. The third-order valence-corrected chi connectivity index (χ3v) is 3.25. The van der Waals surface area contributed by atoms with Crippen molar-refractivity contribution in [3.8, 4) is 5.69 Å². The topological polar surface area (TPSA) is 72.7 Å². The van der Waals surface area contributed by atoms with Gasteiger partial charge < -0.3 is 5.32 Å². The molecule has 0 aliphatic heterocycles. The molecule has 7 heteroatoms. The Morgan fingerprint density at radius 2 is 2.14 bits per heavy atom. The molecular formula is C14H10BrN5O. The van der Waals surface area contributed by atoms with Gasteiger partial charge in [0.2, 0.25) is 0 Å². The molecule has 2 aromatic heterocycles. The first kappa shape index (κ1) is 13.4. The van der Waals surface area contributed by atoms with Crippen LogP contribution < -0.4 is 5.32 Å². The van der Waals surface area contributed by atoms with Crippen LogP contribution in [0.1, 0.15) is 10.5 Å². The fourth-order valence-electron chi connectivity index (χ4n) is 1.82. The van der Waals surface area contributed by atoms with Crippen molar-refractivity contribution in [1.82, 2.24) is 19.7 Å². The van der Waals surface area contributed by atoms with Crippen LogP contribution in [0.3, 0.4) is 0 Å². The van der Waals surface area contributed by atoms with Crippen LogP contribution in [0.4, 0.5) is 5.69 Å². The number of benzene rings is 1. The number of amides is 1. The maximum absolute atomic E-state index is 12.2. The number of hydrogen-bond acceptors (Lipinski definition) is 4. The molecule has 0 saturated heterocycles. The SMILES string of the molecule is O=C(Nc1cc(Br)ccc1-n1cccn1)c1cnccn1. The van der Waals surface area contributed by atoms with Gasteiger partial charge in [0, 0.05) is 29.3 Å². The van der Waals surface area contributed by atoms with Gasteiger partial charge in [0.15, 0.2) is 0 Å². The summed E-state index contributed by atoms with van der Waals surface area (Å²) in [5.74, 6) is -0.324. The summed E-state index contributed by atoms with van der Waals surface area (Å²) < 4.78 is 2.53. The van der Waals surface area contributed by atoms with Crippen LogP contribution in [0.2, 0.25) is 0 Å². The zero-order chi connectivity index (χ0) is 14.7. The molecule has 0 fully saturated rings. The van der Waals surface area contributed by atoms with Crippen molar-refractivity contribution >= 4 is 27.5 Å². The van der Waals surface area contributed by atoms with Crippen molar-refractivity contribution < 1.29 is 4.79 Å². The van der Waals surface area contributed by atoms with Gasteiger partial charge in [-0.05, 0) is 24.3 Å². The van der Waals surface area contributed by atoms with Crippen LogP contribution in [-0.2, 0) is 0 Å². The van der Waals surface area contributed by atoms with Crippen molar-refractivity contribution in [2.24, 2.45) is 0 Å².